The second-order valence-electron chi connectivity index (χ2n) is 3.82. The van der Waals surface area contributed by atoms with Crippen LogP contribution in [0.4, 0.5) is 0 Å². The van der Waals surface area contributed by atoms with Crippen LogP contribution in [0.3, 0.4) is 0 Å². The molecule has 140 valence electrons. The van der Waals surface area contributed by atoms with E-state index in [9.17, 15) is 0 Å². The Labute approximate surface area is 275 Å². The van der Waals surface area contributed by atoms with Gasteiger partial charge in [0.1, 0.15) is 0 Å². The van der Waals surface area contributed by atoms with Crippen molar-refractivity contribution in [2.75, 3.05) is 7.11 Å². The van der Waals surface area contributed by atoms with E-state index >= 15 is 0 Å². The molecular weight excluding hydrogens is 819 g/mol. The van der Waals surface area contributed by atoms with Crippen molar-refractivity contribution in [3.8, 4) is 0 Å². The first kappa shape index (κ1) is 56.5. The molecule has 3 N–H and O–H groups in total. The van der Waals surface area contributed by atoms with E-state index in [1.165, 1.54) is 0 Å². The Morgan fingerprint density at radius 2 is 0.864 bits per heavy atom. The summed E-state index contributed by atoms with van der Waals surface area (Å²) in [6.45, 7) is 14.1. The summed E-state index contributed by atoms with van der Waals surface area (Å²) in [5.74, 6) is 0. The van der Waals surface area contributed by atoms with E-state index in [2.05, 4.69) is 27.7 Å². The van der Waals surface area contributed by atoms with Crippen LogP contribution in [0.1, 0.15) is 49.0 Å². The topological polar surface area (TPSA) is 79.2 Å². The van der Waals surface area contributed by atoms with Gasteiger partial charge >= 0.3 is 7.12 Å². The van der Waals surface area contributed by atoms with Crippen molar-refractivity contribution >= 4 is 7.12 Å². The first-order valence-corrected chi connectivity index (χ1v) is 5.35. The number of rotatable bonds is 0. The molecule has 0 aromatic rings. The molecule has 0 amide bonds. The molecule has 0 spiro atoms. The van der Waals surface area contributed by atoms with E-state index < -0.39 is 0 Å². The molecule has 0 aromatic carbocycles. The van der Waals surface area contributed by atoms with E-state index in [1.54, 1.807) is 0 Å². The average molecular weight is 850 g/mol. The van der Waals surface area contributed by atoms with Crippen LogP contribution in [-0.2, 0) is 9.31 Å². The molecule has 1 fully saturated rings. The molecule has 0 saturated carbocycles. The van der Waals surface area contributed by atoms with Crippen molar-refractivity contribution in [1.29, 1.82) is 0 Å². The molecule has 0 aliphatic carbocycles. The molecule has 1 aliphatic rings. The zero-order chi connectivity index (χ0) is 14.0. The van der Waals surface area contributed by atoms with Crippen molar-refractivity contribution in [3.63, 3.8) is 0 Å². The monoisotopic (exact) mass is 850 g/mol. The molecule has 1 heterocycles. The maximum Gasteiger partial charge on any atom is 0.454 e. The zero-order valence-corrected chi connectivity index (χ0v) is 24.2. The van der Waals surface area contributed by atoms with Gasteiger partial charge in [0.15, 0.2) is 0 Å². The SMILES string of the molecule is C.CB1OC(C)(C)C(C)(C)O1.CC.CO.OO.[Ar].[Ar].[Ar].[U].[U]. The molecule has 0 atom stereocenters. The second kappa shape index (κ2) is 34.3. The van der Waals surface area contributed by atoms with Gasteiger partial charge < -0.3 is 14.4 Å². The van der Waals surface area contributed by atoms with Gasteiger partial charge in [0.25, 0.3) is 0 Å². The summed E-state index contributed by atoms with van der Waals surface area (Å²) in [4.78, 5) is 0. The summed E-state index contributed by atoms with van der Waals surface area (Å²) in [5.41, 5.74) is -0.321. The first-order valence-electron chi connectivity index (χ1n) is 5.35. The third-order valence-electron chi connectivity index (χ3n) is 2.37. The van der Waals surface area contributed by atoms with Gasteiger partial charge in [-0.25, -0.2) is 0 Å². The Kier molecular flexibility index (Phi) is 88.0. The van der Waals surface area contributed by atoms with Crippen LogP contribution in [-0.4, -0.2) is 41.1 Å². The van der Waals surface area contributed by atoms with Crippen molar-refractivity contribution in [2.45, 2.75) is 67.0 Å². The summed E-state index contributed by atoms with van der Waals surface area (Å²) in [6, 6.07) is 0. The van der Waals surface area contributed by atoms with Crippen molar-refractivity contribution in [3.05, 3.63) is 0 Å². The van der Waals surface area contributed by atoms with Gasteiger partial charge in [-0.05, 0) is 34.5 Å². The van der Waals surface area contributed by atoms with Gasteiger partial charge in [0, 0.05) is 183 Å². The Morgan fingerprint density at radius 1 is 0.727 bits per heavy atom. The van der Waals surface area contributed by atoms with Crippen molar-refractivity contribution in [1.82, 2.24) is 0 Å². The molecule has 0 bridgehead atoms. The van der Waals surface area contributed by atoms with E-state index in [0.717, 1.165) is 7.11 Å². The molecule has 0 radical (unpaired) electrons. The minimum Gasteiger partial charge on any atom is -0.403 e. The molecule has 1 saturated heterocycles. The number of hydrogen-bond donors (Lipinski definition) is 3. The normalized spacial score (nSPS) is 14.0. The fourth-order valence-corrected chi connectivity index (χ4v) is 1.14. The van der Waals surface area contributed by atoms with E-state index in [4.69, 9.17) is 24.9 Å². The van der Waals surface area contributed by atoms with E-state index in [-0.39, 0.29) is 201 Å². The second-order valence-corrected chi connectivity index (χ2v) is 3.82. The predicted molar refractivity (Wildman–Crippen MR) is 73.4 cm³/mol. The van der Waals surface area contributed by atoms with Crippen LogP contribution in [0.5, 0.6) is 0 Å². The Morgan fingerprint density at radius 3 is 0.909 bits per heavy atom. The first-order chi connectivity index (χ1) is 7.35. The van der Waals surface area contributed by atoms with Gasteiger partial charge in [-0.3, -0.25) is 10.5 Å². The molecule has 11 heteroatoms. The summed E-state index contributed by atoms with van der Waals surface area (Å²) in [7, 11) is 0.935. The zero-order valence-electron chi connectivity index (χ0n) is 13.8. The standard InChI is InChI=1S/C7H15BO2.C2H6.CH4O.CH4.3Ar.H2O2.2U/c1-6(2)7(3,4)10-8(5)9-6;2*1-2;;;;;1-2;;/h1-5H3;1-2H3;2H,1H3;1H4;;;;1-2H;;. The summed E-state index contributed by atoms with van der Waals surface area (Å²) >= 11 is 0. The van der Waals surface area contributed by atoms with Gasteiger partial charge in [-0.1, -0.05) is 21.3 Å². The maximum atomic E-state index is 7.00. The fraction of sp³-hybridized carbons (Fsp3) is 1.00. The maximum absolute atomic E-state index is 7.00. The number of hydrogen-bond acceptors (Lipinski definition) is 5. The van der Waals surface area contributed by atoms with Crippen LogP contribution < -0.4 is 0 Å². The van der Waals surface area contributed by atoms with Crippen molar-refractivity contribution < 1.29 is 200 Å². The van der Waals surface area contributed by atoms with E-state index in [1.807, 2.05) is 20.7 Å². The van der Waals surface area contributed by atoms with Crippen LogP contribution in [0, 0.1) is 175 Å². The molecule has 0 unspecified atom stereocenters. The van der Waals surface area contributed by atoms with Crippen LogP contribution in [0.2, 0.25) is 6.82 Å². The molecule has 1 rings (SSSR count). The molecule has 1 aliphatic heterocycles. The summed E-state index contributed by atoms with van der Waals surface area (Å²) in [6.07, 6.45) is 0. The third kappa shape index (κ3) is 25.7. The van der Waals surface area contributed by atoms with Crippen LogP contribution in [0.25, 0.3) is 0 Å². The quantitative estimate of drug-likeness (QED) is 0.199. The van der Waals surface area contributed by atoms with Crippen LogP contribution in [0.15, 0.2) is 0 Å². The average Bonchev–Trinajstić information content (AvgIpc) is 2.42. The predicted octanol–water partition coefficient (Wildman–Crippen LogP) is 3.00. The molecule has 22 heavy (non-hydrogen) atoms. The van der Waals surface area contributed by atoms with Gasteiger partial charge in [-0.2, -0.15) is 0 Å². The minimum atomic E-state index is -0.160. The Hall–Kier alpha value is 5.75. The van der Waals surface area contributed by atoms with E-state index in [0.29, 0.717) is 0 Å². The molecule has 0 aromatic heterocycles. The van der Waals surface area contributed by atoms with Crippen LogP contribution >= 0.6 is 0 Å². The molecular formula is C11H31Ar3BO5U2. The molecule has 5 nitrogen and oxygen atoms in total. The Balaban J connectivity index is -0.0000000183. The smallest absolute Gasteiger partial charge is 0.403 e. The summed E-state index contributed by atoms with van der Waals surface area (Å²) < 4.78 is 11.1. The van der Waals surface area contributed by atoms with Gasteiger partial charge in [-0.15, -0.1) is 0 Å². The van der Waals surface area contributed by atoms with Crippen molar-refractivity contribution in [2.24, 2.45) is 0 Å². The minimum absolute atomic E-state index is 0. The Bertz CT molecular complexity index is 157. The number of aliphatic hydroxyl groups is 1. The van der Waals surface area contributed by atoms with Gasteiger partial charge in [0.2, 0.25) is 0 Å². The fourth-order valence-electron chi connectivity index (χ4n) is 1.14. The number of aliphatic hydroxyl groups excluding tert-OH is 1. The third-order valence-corrected chi connectivity index (χ3v) is 2.37. The largest absolute Gasteiger partial charge is 0.454 e. The van der Waals surface area contributed by atoms with Gasteiger partial charge in [0.05, 0.1) is 11.2 Å². The summed E-state index contributed by atoms with van der Waals surface area (Å²) in [5, 5.41) is 19.0.